The molecule has 0 aliphatic rings. The lowest BCUT2D eigenvalue weighted by Crippen LogP contribution is -2.33. The number of methoxy groups -OCH3 is 1. The fourth-order valence-electron chi connectivity index (χ4n) is 1.56. The van der Waals surface area contributed by atoms with Gasteiger partial charge in [0, 0.05) is 25.3 Å². The Morgan fingerprint density at radius 1 is 1.42 bits per heavy atom. The molecule has 0 heterocycles. The molecule has 1 aromatic carbocycles. The van der Waals surface area contributed by atoms with E-state index < -0.39 is 0 Å². The molecule has 1 atom stereocenters. The summed E-state index contributed by atoms with van der Waals surface area (Å²) in [5.41, 5.74) is 6.12. The standard InChI is InChI=1S/C13H21N3O3/c1-10(9-18-2)15-7-8-19-12-5-3-11(4-6-12)13(14)16-17/h3-6,10,15,17H,7-9H2,1-2H3,(H2,14,16). The highest BCUT2D eigenvalue weighted by atomic mass is 16.5. The molecule has 0 spiro atoms. The highest BCUT2D eigenvalue weighted by Gasteiger charge is 2.01. The van der Waals surface area contributed by atoms with E-state index in [1.807, 2.05) is 0 Å². The van der Waals surface area contributed by atoms with E-state index in [0.29, 0.717) is 24.8 Å². The number of oxime groups is 1. The summed E-state index contributed by atoms with van der Waals surface area (Å²) in [5.74, 6) is 0.831. The lowest BCUT2D eigenvalue weighted by Gasteiger charge is -2.13. The Morgan fingerprint density at radius 3 is 2.68 bits per heavy atom. The summed E-state index contributed by atoms with van der Waals surface area (Å²) in [6.07, 6.45) is 0. The molecule has 0 aliphatic carbocycles. The van der Waals surface area contributed by atoms with E-state index in [1.165, 1.54) is 0 Å². The molecule has 1 aromatic rings. The van der Waals surface area contributed by atoms with E-state index in [0.717, 1.165) is 12.3 Å². The lowest BCUT2D eigenvalue weighted by atomic mass is 10.2. The second-order valence-corrected chi connectivity index (χ2v) is 4.17. The van der Waals surface area contributed by atoms with Crippen LogP contribution in [0.25, 0.3) is 0 Å². The van der Waals surface area contributed by atoms with Crippen LogP contribution in [0.3, 0.4) is 0 Å². The second-order valence-electron chi connectivity index (χ2n) is 4.17. The van der Waals surface area contributed by atoms with Crippen LogP contribution in [-0.2, 0) is 4.74 Å². The van der Waals surface area contributed by atoms with E-state index in [1.54, 1.807) is 31.4 Å². The zero-order valence-corrected chi connectivity index (χ0v) is 11.3. The van der Waals surface area contributed by atoms with Gasteiger partial charge < -0.3 is 25.7 Å². The van der Waals surface area contributed by atoms with Crippen molar-refractivity contribution in [2.24, 2.45) is 10.9 Å². The molecular formula is C13H21N3O3. The van der Waals surface area contributed by atoms with Gasteiger partial charge in [0.1, 0.15) is 12.4 Å². The van der Waals surface area contributed by atoms with Crippen molar-refractivity contribution in [2.45, 2.75) is 13.0 Å². The summed E-state index contributed by atoms with van der Waals surface area (Å²) in [6, 6.07) is 7.35. The smallest absolute Gasteiger partial charge is 0.170 e. The Balaban J connectivity index is 2.30. The summed E-state index contributed by atoms with van der Waals surface area (Å²) >= 11 is 0. The molecule has 0 saturated carbocycles. The molecule has 106 valence electrons. The van der Waals surface area contributed by atoms with Gasteiger partial charge in [-0.25, -0.2) is 0 Å². The molecule has 0 aromatic heterocycles. The molecule has 4 N–H and O–H groups in total. The number of hydrogen-bond donors (Lipinski definition) is 3. The molecular weight excluding hydrogens is 246 g/mol. The number of rotatable bonds is 8. The fraction of sp³-hybridized carbons (Fsp3) is 0.462. The van der Waals surface area contributed by atoms with Crippen LogP contribution in [0.5, 0.6) is 5.75 Å². The van der Waals surface area contributed by atoms with Gasteiger partial charge in [0.05, 0.1) is 6.61 Å². The Morgan fingerprint density at radius 2 is 2.11 bits per heavy atom. The maximum atomic E-state index is 8.54. The predicted octanol–water partition coefficient (Wildman–Crippen LogP) is 0.784. The maximum Gasteiger partial charge on any atom is 0.170 e. The Labute approximate surface area is 113 Å². The van der Waals surface area contributed by atoms with Gasteiger partial charge in [0.2, 0.25) is 0 Å². The zero-order chi connectivity index (χ0) is 14.1. The molecule has 0 radical (unpaired) electrons. The molecule has 1 unspecified atom stereocenters. The SMILES string of the molecule is COCC(C)NCCOc1ccc(C(N)=NO)cc1. The average Bonchev–Trinajstić information content (AvgIpc) is 2.44. The normalized spacial score (nSPS) is 13.3. The predicted molar refractivity (Wildman–Crippen MR) is 73.8 cm³/mol. The highest BCUT2D eigenvalue weighted by molar-refractivity contribution is 5.97. The van der Waals surface area contributed by atoms with Gasteiger partial charge in [-0.1, -0.05) is 5.16 Å². The van der Waals surface area contributed by atoms with Crippen molar-refractivity contribution < 1.29 is 14.7 Å². The van der Waals surface area contributed by atoms with Crippen molar-refractivity contribution in [1.82, 2.24) is 5.32 Å². The Hall–Kier alpha value is -1.79. The first-order chi connectivity index (χ1) is 9.17. The second kappa shape index (κ2) is 8.34. The first-order valence-corrected chi connectivity index (χ1v) is 6.10. The van der Waals surface area contributed by atoms with Crippen LogP contribution in [0.4, 0.5) is 0 Å². The van der Waals surface area contributed by atoms with E-state index in [-0.39, 0.29) is 5.84 Å². The number of nitrogens with zero attached hydrogens (tertiary/aromatic N) is 1. The van der Waals surface area contributed by atoms with Gasteiger partial charge in [-0.3, -0.25) is 0 Å². The van der Waals surface area contributed by atoms with Gasteiger partial charge >= 0.3 is 0 Å². The molecule has 0 saturated heterocycles. The summed E-state index contributed by atoms with van der Waals surface area (Å²) in [6.45, 7) is 4.03. The third kappa shape index (κ3) is 5.58. The molecule has 0 aliphatic heterocycles. The van der Waals surface area contributed by atoms with Gasteiger partial charge in [-0.05, 0) is 31.2 Å². The highest BCUT2D eigenvalue weighted by Crippen LogP contribution is 2.11. The van der Waals surface area contributed by atoms with Gasteiger partial charge in [-0.2, -0.15) is 0 Å². The van der Waals surface area contributed by atoms with Crippen molar-refractivity contribution in [3.8, 4) is 5.75 Å². The van der Waals surface area contributed by atoms with Gasteiger partial charge in [0.15, 0.2) is 5.84 Å². The first-order valence-electron chi connectivity index (χ1n) is 6.10. The number of nitrogens with one attached hydrogen (secondary N) is 1. The van der Waals surface area contributed by atoms with Crippen molar-refractivity contribution in [3.63, 3.8) is 0 Å². The molecule has 6 nitrogen and oxygen atoms in total. The summed E-state index contributed by atoms with van der Waals surface area (Å²) in [4.78, 5) is 0. The minimum atomic E-state index is 0.0848. The van der Waals surface area contributed by atoms with Crippen LogP contribution in [0.1, 0.15) is 12.5 Å². The summed E-state index contributed by atoms with van der Waals surface area (Å²) in [7, 11) is 1.68. The molecule has 0 amide bonds. The van der Waals surface area contributed by atoms with Gasteiger partial charge in [-0.15, -0.1) is 0 Å². The van der Waals surface area contributed by atoms with E-state index in [4.69, 9.17) is 20.4 Å². The van der Waals surface area contributed by atoms with Crippen LogP contribution in [0.2, 0.25) is 0 Å². The van der Waals surface area contributed by atoms with E-state index >= 15 is 0 Å². The van der Waals surface area contributed by atoms with Gasteiger partial charge in [0.25, 0.3) is 0 Å². The minimum Gasteiger partial charge on any atom is -0.492 e. The quantitative estimate of drug-likeness (QED) is 0.213. The summed E-state index contributed by atoms with van der Waals surface area (Å²) < 4.78 is 10.6. The van der Waals surface area contributed by atoms with Crippen LogP contribution < -0.4 is 15.8 Å². The van der Waals surface area contributed by atoms with E-state index in [9.17, 15) is 0 Å². The third-order valence-electron chi connectivity index (χ3n) is 2.54. The zero-order valence-electron chi connectivity index (χ0n) is 11.3. The third-order valence-corrected chi connectivity index (χ3v) is 2.54. The largest absolute Gasteiger partial charge is 0.492 e. The Bertz CT molecular complexity index is 393. The molecule has 19 heavy (non-hydrogen) atoms. The number of amidine groups is 1. The first kappa shape index (κ1) is 15.3. The molecule has 6 heteroatoms. The number of benzene rings is 1. The van der Waals surface area contributed by atoms with Crippen molar-refractivity contribution in [2.75, 3.05) is 26.9 Å². The van der Waals surface area contributed by atoms with Crippen molar-refractivity contribution in [1.29, 1.82) is 0 Å². The van der Waals surface area contributed by atoms with E-state index in [2.05, 4.69) is 17.4 Å². The number of hydrogen-bond acceptors (Lipinski definition) is 5. The van der Waals surface area contributed by atoms with Crippen molar-refractivity contribution >= 4 is 5.84 Å². The minimum absolute atomic E-state index is 0.0848. The fourth-order valence-corrected chi connectivity index (χ4v) is 1.56. The summed E-state index contributed by atoms with van der Waals surface area (Å²) in [5, 5.41) is 14.7. The molecule has 0 fully saturated rings. The molecule has 1 rings (SSSR count). The maximum absolute atomic E-state index is 8.54. The van der Waals surface area contributed by atoms with Crippen molar-refractivity contribution in [3.05, 3.63) is 29.8 Å². The topological polar surface area (TPSA) is 89.1 Å². The van der Waals surface area contributed by atoms with Crippen LogP contribution in [-0.4, -0.2) is 44.0 Å². The lowest BCUT2D eigenvalue weighted by molar-refractivity contribution is 0.169. The van der Waals surface area contributed by atoms with Crippen LogP contribution in [0.15, 0.2) is 29.4 Å². The molecule has 0 bridgehead atoms. The Kier molecular flexibility index (Phi) is 6.70. The average molecular weight is 267 g/mol. The number of ether oxygens (including phenoxy) is 2. The van der Waals surface area contributed by atoms with Crippen LogP contribution in [0, 0.1) is 0 Å². The monoisotopic (exact) mass is 267 g/mol. The van der Waals surface area contributed by atoms with Crippen LogP contribution >= 0.6 is 0 Å². The number of nitrogens with two attached hydrogens (primary N) is 1.